The second kappa shape index (κ2) is 13.4. The van der Waals surface area contributed by atoms with Crippen LogP contribution in [0.1, 0.15) is 46.3 Å². The van der Waals surface area contributed by atoms with E-state index < -0.39 is 24.0 Å². The number of carbonyl (C=O) groups excluding carboxylic acids is 4. The maximum Gasteiger partial charge on any atom is 0.417 e. The van der Waals surface area contributed by atoms with Crippen LogP contribution in [0.25, 0.3) is 5.69 Å². The summed E-state index contributed by atoms with van der Waals surface area (Å²) in [6, 6.07) is 6.27. The van der Waals surface area contributed by atoms with Gasteiger partial charge in [0.1, 0.15) is 24.7 Å². The van der Waals surface area contributed by atoms with Crippen molar-refractivity contribution in [2.45, 2.75) is 32.2 Å². The Kier molecular flexibility index (Phi) is 9.73. The predicted molar refractivity (Wildman–Crippen MR) is 146 cm³/mol. The molecule has 0 radical (unpaired) electrons. The molecule has 0 bridgehead atoms. The maximum atomic E-state index is 14.4. The molecule has 2 fully saturated rings. The fraction of sp³-hybridized carbons (Fsp3) is 0.464. The molecule has 0 saturated carbocycles. The molecule has 0 atom stereocenters. The van der Waals surface area contributed by atoms with Crippen molar-refractivity contribution in [1.82, 2.24) is 24.7 Å². The van der Waals surface area contributed by atoms with E-state index in [-0.39, 0.29) is 36.9 Å². The number of aromatic nitrogens is 2. The third-order valence-corrected chi connectivity index (χ3v) is 7.08. The SMILES string of the molecule is C=CCOC(=O)N(C(=O)c1c(CC)c(C(=O)OC)nn1-c1ccc(OC)cc1)C1CCN(N2CCOCC2=O)CC1. The van der Waals surface area contributed by atoms with Crippen LogP contribution >= 0.6 is 0 Å². The lowest BCUT2D eigenvalue weighted by atomic mass is 10.0. The van der Waals surface area contributed by atoms with Crippen LogP contribution in [-0.4, -0.2) is 108 Å². The summed E-state index contributed by atoms with van der Waals surface area (Å²) in [5.41, 5.74) is 0.864. The molecule has 4 rings (SSSR count). The quantitative estimate of drug-likeness (QED) is 0.327. The number of imide groups is 1. The molecular weight excluding hydrogens is 534 g/mol. The Morgan fingerprint density at radius 3 is 2.44 bits per heavy atom. The molecule has 0 aliphatic carbocycles. The van der Waals surface area contributed by atoms with Crippen LogP contribution in [0.2, 0.25) is 0 Å². The topological polar surface area (TPSA) is 133 Å². The maximum absolute atomic E-state index is 14.4. The second-order valence-corrected chi connectivity index (χ2v) is 9.43. The average molecular weight is 570 g/mol. The summed E-state index contributed by atoms with van der Waals surface area (Å²) in [6.45, 7) is 7.10. The molecule has 0 N–H and O–H groups in total. The number of piperidine rings is 1. The number of morpholine rings is 1. The highest BCUT2D eigenvalue weighted by Gasteiger charge is 2.40. The fourth-order valence-electron chi connectivity index (χ4n) is 5.05. The van der Waals surface area contributed by atoms with Crippen LogP contribution in [0.15, 0.2) is 36.9 Å². The Labute approximate surface area is 238 Å². The first-order valence-electron chi connectivity index (χ1n) is 13.4. The van der Waals surface area contributed by atoms with Gasteiger partial charge >= 0.3 is 12.1 Å². The Hall–Kier alpha value is -4.23. The van der Waals surface area contributed by atoms with Crippen LogP contribution in [-0.2, 0) is 25.4 Å². The van der Waals surface area contributed by atoms with Crippen LogP contribution in [0, 0.1) is 0 Å². The van der Waals surface area contributed by atoms with Gasteiger partial charge in [-0.15, -0.1) is 0 Å². The first kappa shape index (κ1) is 29.7. The molecule has 13 heteroatoms. The lowest BCUT2D eigenvalue weighted by molar-refractivity contribution is -0.168. The van der Waals surface area contributed by atoms with Gasteiger partial charge in [0, 0.05) is 24.7 Å². The van der Waals surface area contributed by atoms with E-state index >= 15 is 0 Å². The number of hydrazine groups is 1. The number of hydrogen-bond acceptors (Lipinski definition) is 10. The van der Waals surface area contributed by atoms with Crippen molar-refractivity contribution in [3.05, 3.63) is 53.9 Å². The number of esters is 1. The normalized spacial score (nSPS) is 16.3. The summed E-state index contributed by atoms with van der Waals surface area (Å²) in [5.74, 6) is -0.889. The molecule has 41 heavy (non-hydrogen) atoms. The van der Waals surface area contributed by atoms with E-state index in [0.717, 1.165) is 4.90 Å². The minimum absolute atomic E-state index is 0.0192. The van der Waals surface area contributed by atoms with Gasteiger partial charge in [-0.3, -0.25) is 14.6 Å². The lowest BCUT2D eigenvalue weighted by Gasteiger charge is -2.42. The molecule has 2 aliphatic rings. The highest BCUT2D eigenvalue weighted by Crippen LogP contribution is 2.27. The number of rotatable bonds is 9. The van der Waals surface area contributed by atoms with E-state index in [4.69, 9.17) is 18.9 Å². The van der Waals surface area contributed by atoms with Crippen LogP contribution < -0.4 is 4.74 Å². The average Bonchev–Trinajstić information content (AvgIpc) is 3.40. The Balaban J connectivity index is 1.72. The molecular formula is C28H35N5O8. The fourth-order valence-corrected chi connectivity index (χ4v) is 5.05. The molecule has 3 amide bonds. The zero-order valence-electron chi connectivity index (χ0n) is 23.5. The Morgan fingerprint density at radius 2 is 1.85 bits per heavy atom. The van der Waals surface area contributed by atoms with E-state index in [1.807, 2.05) is 5.01 Å². The molecule has 0 unspecified atom stereocenters. The van der Waals surface area contributed by atoms with Gasteiger partial charge in [-0.25, -0.2) is 24.2 Å². The zero-order chi connectivity index (χ0) is 29.5. The number of carbonyl (C=O) groups is 4. The van der Waals surface area contributed by atoms with Crippen molar-refractivity contribution >= 4 is 23.9 Å². The number of ether oxygens (including phenoxy) is 4. The van der Waals surface area contributed by atoms with Crippen LogP contribution in [0.4, 0.5) is 4.79 Å². The zero-order valence-corrected chi connectivity index (χ0v) is 23.5. The molecule has 2 saturated heterocycles. The summed E-state index contributed by atoms with van der Waals surface area (Å²) in [7, 11) is 2.77. The highest BCUT2D eigenvalue weighted by atomic mass is 16.6. The first-order chi connectivity index (χ1) is 19.8. The van der Waals surface area contributed by atoms with E-state index in [1.165, 1.54) is 25.0 Å². The largest absolute Gasteiger partial charge is 0.497 e. The summed E-state index contributed by atoms with van der Waals surface area (Å²) in [6.07, 6.45) is 1.67. The minimum atomic E-state index is -0.833. The Morgan fingerprint density at radius 1 is 1.15 bits per heavy atom. The van der Waals surface area contributed by atoms with Gasteiger partial charge < -0.3 is 18.9 Å². The van der Waals surface area contributed by atoms with Crippen molar-refractivity contribution in [3.8, 4) is 11.4 Å². The predicted octanol–water partition coefficient (Wildman–Crippen LogP) is 2.23. The minimum Gasteiger partial charge on any atom is -0.497 e. The van der Waals surface area contributed by atoms with Crippen molar-refractivity contribution in [2.75, 3.05) is 53.7 Å². The molecule has 1 aromatic carbocycles. The first-order valence-corrected chi connectivity index (χ1v) is 13.4. The molecule has 220 valence electrons. The van der Waals surface area contributed by atoms with E-state index in [1.54, 1.807) is 36.2 Å². The number of amides is 3. The van der Waals surface area contributed by atoms with Gasteiger partial charge in [-0.2, -0.15) is 5.10 Å². The van der Waals surface area contributed by atoms with Crippen molar-refractivity contribution in [3.63, 3.8) is 0 Å². The second-order valence-electron chi connectivity index (χ2n) is 9.43. The van der Waals surface area contributed by atoms with Gasteiger partial charge in [0.25, 0.3) is 11.8 Å². The summed E-state index contributed by atoms with van der Waals surface area (Å²) < 4.78 is 22.1. The van der Waals surface area contributed by atoms with Gasteiger partial charge in [-0.05, 0) is 43.5 Å². The third kappa shape index (κ3) is 6.25. The monoisotopic (exact) mass is 569 g/mol. The van der Waals surface area contributed by atoms with Crippen molar-refractivity contribution in [2.24, 2.45) is 0 Å². The number of methoxy groups -OCH3 is 2. The summed E-state index contributed by atoms with van der Waals surface area (Å²) in [5, 5.41) is 8.04. The Bertz CT molecular complexity index is 1280. The van der Waals surface area contributed by atoms with E-state index in [2.05, 4.69) is 11.7 Å². The molecule has 3 heterocycles. The van der Waals surface area contributed by atoms with Gasteiger partial charge in [0.05, 0.1) is 33.1 Å². The van der Waals surface area contributed by atoms with Crippen LogP contribution in [0.5, 0.6) is 5.75 Å². The number of hydrogen-bond donors (Lipinski definition) is 0. The van der Waals surface area contributed by atoms with Gasteiger partial charge in [-0.1, -0.05) is 19.6 Å². The molecule has 2 aromatic rings. The molecule has 2 aliphatic heterocycles. The van der Waals surface area contributed by atoms with Crippen LogP contribution in [0.3, 0.4) is 0 Å². The molecule has 1 aromatic heterocycles. The van der Waals surface area contributed by atoms with Crippen molar-refractivity contribution < 1.29 is 38.1 Å². The standard InChI is InChI=1S/C28H35N5O8/c1-5-16-41-28(37)32(19-11-13-30(14-12-19)31-15-17-40-18-23(31)34)26(35)25-22(6-2)24(27(36)39-4)29-33(25)20-7-9-21(38-3)10-8-20/h5,7-10,19H,1,6,11-18H2,2-4H3. The van der Waals surface area contributed by atoms with Gasteiger partial charge in [0.2, 0.25) is 0 Å². The number of benzene rings is 1. The third-order valence-electron chi connectivity index (χ3n) is 7.08. The van der Waals surface area contributed by atoms with E-state index in [0.29, 0.717) is 56.1 Å². The molecule has 0 spiro atoms. The summed E-state index contributed by atoms with van der Waals surface area (Å²) >= 11 is 0. The van der Waals surface area contributed by atoms with E-state index in [9.17, 15) is 19.2 Å². The van der Waals surface area contributed by atoms with Crippen molar-refractivity contribution in [1.29, 1.82) is 0 Å². The van der Waals surface area contributed by atoms with Gasteiger partial charge in [0.15, 0.2) is 5.69 Å². The highest BCUT2D eigenvalue weighted by molar-refractivity contribution is 6.05. The smallest absolute Gasteiger partial charge is 0.417 e. The number of nitrogens with zero attached hydrogens (tertiary/aromatic N) is 5. The molecule has 13 nitrogen and oxygen atoms in total. The summed E-state index contributed by atoms with van der Waals surface area (Å²) in [4.78, 5) is 53.9. The lowest BCUT2D eigenvalue weighted by Crippen LogP contribution is -2.57.